The predicted molar refractivity (Wildman–Crippen MR) is 91.2 cm³/mol. The molecule has 0 bridgehead atoms. The van der Waals surface area contributed by atoms with Gasteiger partial charge >= 0.3 is 0 Å². The largest absolute Gasteiger partial charge is 0.343 e. The summed E-state index contributed by atoms with van der Waals surface area (Å²) in [5.41, 5.74) is 4.07. The third kappa shape index (κ3) is 3.49. The molecular formula is C15H14N4O2S2. The molecule has 2 heterocycles. The molecule has 8 heteroatoms. The number of fused-ring (bicyclic) bond motifs is 1. The van der Waals surface area contributed by atoms with E-state index in [0.29, 0.717) is 10.4 Å². The van der Waals surface area contributed by atoms with Crippen LogP contribution >= 0.6 is 22.7 Å². The summed E-state index contributed by atoms with van der Waals surface area (Å²) in [5, 5.41) is 10.2. The van der Waals surface area contributed by atoms with Crippen LogP contribution in [0.15, 0.2) is 46.2 Å². The molecule has 0 atom stereocenters. The lowest BCUT2D eigenvalue weighted by Gasteiger charge is -2.02. The first-order chi connectivity index (χ1) is 11.1. The Labute approximate surface area is 140 Å². The van der Waals surface area contributed by atoms with E-state index in [1.807, 2.05) is 41.3 Å². The van der Waals surface area contributed by atoms with Crippen molar-refractivity contribution in [1.29, 1.82) is 0 Å². The van der Waals surface area contributed by atoms with Crippen LogP contribution in [0, 0.1) is 0 Å². The number of carbonyl (C=O) groups is 2. The number of aromatic nitrogens is 1. The summed E-state index contributed by atoms with van der Waals surface area (Å²) in [5.74, 6) is -0.639. The third-order valence-electron chi connectivity index (χ3n) is 3.18. The van der Waals surface area contributed by atoms with Crippen molar-refractivity contribution in [2.45, 2.75) is 0 Å². The predicted octanol–water partition coefficient (Wildman–Crippen LogP) is 1.66. The molecule has 2 aromatic heterocycles. The lowest BCUT2D eigenvalue weighted by Crippen LogP contribution is -2.35. The molecule has 0 fully saturated rings. The molecule has 1 aromatic carbocycles. The quantitative estimate of drug-likeness (QED) is 0.705. The number of rotatable bonds is 4. The fourth-order valence-corrected chi connectivity index (χ4v) is 3.61. The Kier molecular flexibility index (Phi) is 4.54. The highest BCUT2D eigenvalue weighted by atomic mass is 32.1. The normalized spacial score (nSPS) is 11.6. The third-order valence-corrected chi connectivity index (χ3v) is 4.98. The molecule has 0 saturated heterocycles. The molecule has 3 rings (SSSR count). The van der Waals surface area contributed by atoms with Crippen molar-refractivity contribution < 1.29 is 9.59 Å². The summed E-state index contributed by atoms with van der Waals surface area (Å²) in [6.07, 6.45) is 0. The minimum Gasteiger partial charge on any atom is -0.343 e. The number of thiazole rings is 1. The van der Waals surface area contributed by atoms with E-state index >= 15 is 0 Å². The fourth-order valence-electron chi connectivity index (χ4n) is 1.99. The van der Waals surface area contributed by atoms with Gasteiger partial charge in [-0.25, -0.2) is 5.43 Å². The van der Waals surface area contributed by atoms with Crippen LogP contribution in [0.5, 0.6) is 0 Å². The van der Waals surface area contributed by atoms with Crippen LogP contribution < -0.4 is 15.5 Å². The highest BCUT2D eigenvalue weighted by Gasteiger charge is 2.08. The van der Waals surface area contributed by atoms with Crippen molar-refractivity contribution in [2.75, 3.05) is 6.54 Å². The molecule has 0 aliphatic rings. The van der Waals surface area contributed by atoms with E-state index < -0.39 is 0 Å². The van der Waals surface area contributed by atoms with Gasteiger partial charge in [-0.3, -0.25) is 9.59 Å². The first-order valence-electron chi connectivity index (χ1n) is 6.82. The summed E-state index contributed by atoms with van der Waals surface area (Å²) in [6.45, 7) is -0.118. The standard InChI is InChI=1S/C15H14N4O2S2/c1-19-11-4-2-3-5-12(11)23-15(19)18-17-13(20)8-16-14(21)10-6-7-22-9-10/h2-7,9H,8H2,1H3,(H,16,21)(H,17,20)/b18-15-. The minimum atomic E-state index is -0.369. The number of para-hydroxylation sites is 1. The molecule has 3 aromatic rings. The molecule has 118 valence electrons. The first-order valence-corrected chi connectivity index (χ1v) is 8.58. The zero-order valence-corrected chi connectivity index (χ0v) is 13.9. The number of thiophene rings is 1. The first kappa shape index (κ1) is 15.4. The molecule has 23 heavy (non-hydrogen) atoms. The summed E-state index contributed by atoms with van der Waals surface area (Å²) in [6, 6.07) is 9.62. The van der Waals surface area contributed by atoms with E-state index in [-0.39, 0.29) is 18.4 Å². The van der Waals surface area contributed by atoms with Gasteiger partial charge in [0.1, 0.15) is 0 Å². The van der Waals surface area contributed by atoms with Gasteiger partial charge in [0.25, 0.3) is 11.8 Å². The summed E-state index contributed by atoms with van der Waals surface area (Å²) in [4.78, 5) is 24.2. The number of amides is 2. The zero-order valence-electron chi connectivity index (χ0n) is 12.3. The average molecular weight is 346 g/mol. The minimum absolute atomic E-state index is 0.118. The molecule has 0 radical (unpaired) electrons. The highest BCUT2D eigenvalue weighted by Crippen LogP contribution is 2.14. The Balaban J connectivity index is 1.63. The van der Waals surface area contributed by atoms with Crippen LogP contribution in [0.4, 0.5) is 0 Å². The summed E-state index contributed by atoms with van der Waals surface area (Å²) in [7, 11) is 1.89. The second-order valence-corrected chi connectivity index (χ2v) is 6.54. The number of hydrogen-bond donors (Lipinski definition) is 2. The Morgan fingerprint density at radius 1 is 1.26 bits per heavy atom. The maximum absolute atomic E-state index is 11.8. The van der Waals surface area contributed by atoms with E-state index in [4.69, 9.17) is 0 Å². The smallest absolute Gasteiger partial charge is 0.259 e. The second-order valence-electron chi connectivity index (χ2n) is 4.75. The van der Waals surface area contributed by atoms with E-state index in [2.05, 4.69) is 15.8 Å². The number of carbonyl (C=O) groups excluding carboxylic acids is 2. The summed E-state index contributed by atoms with van der Waals surface area (Å²) >= 11 is 2.92. The molecule has 2 amide bonds. The Morgan fingerprint density at radius 3 is 2.83 bits per heavy atom. The van der Waals surface area contributed by atoms with Crippen LogP contribution in [0.25, 0.3) is 10.2 Å². The van der Waals surface area contributed by atoms with E-state index in [0.717, 1.165) is 10.2 Å². The van der Waals surface area contributed by atoms with Crippen molar-refractivity contribution in [3.05, 3.63) is 51.5 Å². The molecular weight excluding hydrogens is 332 g/mol. The Morgan fingerprint density at radius 2 is 2.09 bits per heavy atom. The number of hydrogen-bond acceptors (Lipinski definition) is 5. The van der Waals surface area contributed by atoms with Gasteiger partial charge < -0.3 is 9.88 Å². The van der Waals surface area contributed by atoms with E-state index in [1.54, 1.807) is 11.4 Å². The second kappa shape index (κ2) is 6.76. The number of nitrogens with zero attached hydrogens (tertiary/aromatic N) is 2. The average Bonchev–Trinajstić information content (AvgIpc) is 3.20. The van der Waals surface area contributed by atoms with Crippen molar-refractivity contribution in [3.8, 4) is 0 Å². The van der Waals surface area contributed by atoms with E-state index in [1.165, 1.54) is 22.7 Å². The van der Waals surface area contributed by atoms with Gasteiger partial charge in [-0.1, -0.05) is 23.5 Å². The lowest BCUT2D eigenvalue weighted by atomic mass is 10.3. The number of aryl methyl sites for hydroxylation is 1. The van der Waals surface area contributed by atoms with Gasteiger partial charge in [-0.05, 0) is 23.6 Å². The van der Waals surface area contributed by atoms with Crippen LogP contribution in [0.1, 0.15) is 10.4 Å². The van der Waals surface area contributed by atoms with Crippen molar-refractivity contribution in [3.63, 3.8) is 0 Å². The lowest BCUT2D eigenvalue weighted by molar-refractivity contribution is -0.120. The van der Waals surface area contributed by atoms with Gasteiger partial charge in [0.15, 0.2) is 0 Å². The zero-order chi connectivity index (χ0) is 16.2. The number of benzene rings is 1. The van der Waals surface area contributed by atoms with Gasteiger partial charge in [0.05, 0.1) is 16.8 Å². The van der Waals surface area contributed by atoms with Crippen LogP contribution in [0.3, 0.4) is 0 Å². The summed E-state index contributed by atoms with van der Waals surface area (Å²) < 4.78 is 3.00. The molecule has 0 aliphatic carbocycles. The van der Waals surface area contributed by atoms with Gasteiger partial charge in [0.2, 0.25) is 4.80 Å². The monoisotopic (exact) mass is 346 g/mol. The molecule has 0 unspecified atom stereocenters. The van der Waals surface area contributed by atoms with Gasteiger partial charge in [0, 0.05) is 18.0 Å². The molecule has 6 nitrogen and oxygen atoms in total. The Bertz CT molecular complexity index is 909. The van der Waals surface area contributed by atoms with Crippen LogP contribution in [-0.4, -0.2) is 22.9 Å². The van der Waals surface area contributed by atoms with Crippen molar-refractivity contribution >= 4 is 44.7 Å². The highest BCUT2D eigenvalue weighted by molar-refractivity contribution is 7.16. The van der Waals surface area contributed by atoms with Gasteiger partial charge in [-0.15, -0.1) is 5.10 Å². The maximum atomic E-state index is 11.8. The van der Waals surface area contributed by atoms with Crippen LogP contribution in [-0.2, 0) is 11.8 Å². The molecule has 0 spiro atoms. The van der Waals surface area contributed by atoms with Gasteiger partial charge in [-0.2, -0.15) is 11.3 Å². The molecule has 2 N–H and O–H groups in total. The Hall–Kier alpha value is -2.45. The van der Waals surface area contributed by atoms with Crippen molar-refractivity contribution in [2.24, 2.45) is 12.1 Å². The van der Waals surface area contributed by atoms with Crippen molar-refractivity contribution in [1.82, 2.24) is 15.3 Å². The number of nitrogens with one attached hydrogen (secondary N) is 2. The molecule has 0 aliphatic heterocycles. The van der Waals surface area contributed by atoms with Crippen LogP contribution in [0.2, 0.25) is 0 Å². The SMILES string of the molecule is Cn1/c(=N/NC(=O)CNC(=O)c2ccsc2)sc2ccccc21. The maximum Gasteiger partial charge on any atom is 0.259 e. The topological polar surface area (TPSA) is 75.5 Å². The van der Waals surface area contributed by atoms with E-state index in [9.17, 15) is 9.59 Å². The molecule has 0 saturated carbocycles. The fraction of sp³-hybridized carbons (Fsp3) is 0.133.